The van der Waals surface area contributed by atoms with Gasteiger partial charge in [-0.2, -0.15) is 0 Å². The number of thiazole rings is 1. The molecule has 3 aromatic rings. The number of carbonyl (C=O) groups is 1. The summed E-state index contributed by atoms with van der Waals surface area (Å²) in [6.07, 6.45) is 0.407. The number of rotatable bonds is 6. The SMILES string of the molecule is Cc1ccc(S(=O)(=O)CCCC(=O)Nc2nc3c(C)c(C)ccc3s2)cc1. The molecule has 7 heteroatoms. The Kier molecular flexibility index (Phi) is 5.62. The zero-order valence-electron chi connectivity index (χ0n) is 15.6. The van der Waals surface area contributed by atoms with E-state index in [0.29, 0.717) is 10.0 Å². The van der Waals surface area contributed by atoms with Crippen molar-refractivity contribution in [2.45, 2.75) is 38.5 Å². The molecule has 1 aromatic heterocycles. The molecule has 142 valence electrons. The van der Waals surface area contributed by atoms with Crippen molar-refractivity contribution >= 4 is 42.4 Å². The summed E-state index contributed by atoms with van der Waals surface area (Å²) in [6, 6.07) is 10.8. The molecule has 0 radical (unpaired) electrons. The normalized spacial score (nSPS) is 11.7. The van der Waals surface area contributed by atoms with Gasteiger partial charge < -0.3 is 5.32 Å². The fraction of sp³-hybridized carbons (Fsp3) is 0.300. The molecular formula is C20H22N2O3S2. The number of hydrogen-bond acceptors (Lipinski definition) is 5. The van der Waals surface area contributed by atoms with E-state index in [0.717, 1.165) is 26.9 Å². The lowest BCUT2D eigenvalue weighted by atomic mass is 10.1. The van der Waals surface area contributed by atoms with Crippen LogP contribution in [0.5, 0.6) is 0 Å². The molecule has 0 fully saturated rings. The van der Waals surface area contributed by atoms with Crippen LogP contribution in [0.15, 0.2) is 41.3 Å². The molecule has 27 heavy (non-hydrogen) atoms. The highest BCUT2D eigenvalue weighted by atomic mass is 32.2. The Balaban J connectivity index is 1.58. The fourth-order valence-electron chi connectivity index (χ4n) is 2.75. The van der Waals surface area contributed by atoms with Gasteiger partial charge in [0.15, 0.2) is 15.0 Å². The van der Waals surface area contributed by atoms with Crippen molar-refractivity contribution < 1.29 is 13.2 Å². The molecule has 1 amide bonds. The minimum absolute atomic E-state index is 0.0539. The summed E-state index contributed by atoms with van der Waals surface area (Å²) in [7, 11) is -3.37. The topological polar surface area (TPSA) is 76.1 Å². The lowest BCUT2D eigenvalue weighted by molar-refractivity contribution is -0.116. The van der Waals surface area contributed by atoms with Crippen LogP contribution in [0.4, 0.5) is 5.13 Å². The lowest BCUT2D eigenvalue weighted by Crippen LogP contribution is -2.14. The maximum atomic E-state index is 12.3. The van der Waals surface area contributed by atoms with Crippen molar-refractivity contribution in [3.8, 4) is 0 Å². The third-order valence-electron chi connectivity index (χ3n) is 4.53. The molecule has 0 aliphatic carbocycles. The van der Waals surface area contributed by atoms with Crippen LogP contribution in [-0.2, 0) is 14.6 Å². The number of fused-ring (bicyclic) bond motifs is 1. The van der Waals surface area contributed by atoms with Gasteiger partial charge in [0.25, 0.3) is 0 Å². The molecule has 0 spiro atoms. The molecule has 0 aliphatic heterocycles. The summed E-state index contributed by atoms with van der Waals surface area (Å²) >= 11 is 1.42. The summed E-state index contributed by atoms with van der Waals surface area (Å²) in [6.45, 7) is 5.95. The third-order valence-corrected chi connectivity index (χ3v) is 7.28. The number of aryl methyl sites for hydroxylation is 3. The zero-order valence-corrected chi connectivity index (χ0v) is 17.2. The molecule has 0 aliphatic rings. The number of nitrogens with zero attached hydrogens (tertiary/aromatic N) is 1. The van der Waals surface area contributed by atoms with E-state index in [1.54, 1.807) is 24.3 Å². The molecule has 0 saturated heterocycles. The summed E-state index contributed by atoms with van der Waals surface area (Å²) in [5.74, 6) is -0.274. The smallest absolute Gasteiger partial charge is 0.226 e. The van der Waals surface area contributed by atoms with Crippen LogP contribution in [0.2, 0.25) is 0 Å². The Morgan fingerprint density at radius 2 is 1.78 bits per heavy atom. The van der Waals surface area contributed by atoms with Crippen molar-refractivity contribution in [3.63, 3.8) is 0 Å². The van der Waals surface area contributed by atoms with Crippen LogP contribution in [0, 0.1) is 20.8 Å². The van der Waals surface area contributed by atoms with Crippen LogP contribution in [0.3, 0.4) is 0 Å². The van der Waals surface area contributed by atoms with E-state index < -0.39 is 9.84 Å². The van der Waals surface area contributed by atoms with E-state index in [9.17, 15) is 13.2 Å². The zero-order chi connectivity index (χ0) is 19.6. The quantitative estimate of drug-likeness (QED) is 0.662. The molecule has 0 atom stereocenters. The van der Waals surface area contributed by atoms with Crippen molar-refractivity contribution in [1.82, 2.24) is 4.98 Å². The first-order valence-corrected chi connectivity index (χ1v) is 11.2. The second-order valence-electron chi connectivity index (χ2n) is 6.66. The molecule has 1 heterocycles. The lowest BCUT2D eigenvalue weighted by Gasteiger charge is -2.05. The average molecular weight is 403 g/mol. The number of anilines is 1. The highest BCUT2D eigenvalue weighted by Crippen LogP contribution is 2.29. The second-order valence-corrected chi connectivity index (χ2v) is 9.80. The van der Waals surface area contributed by atoms with Gasteiger partial charge in [-0.25, -0.2) is 13.4 Å². The summed E-state index contributed by atoms with van der Waals surface area (Å²) in [5, 5.41) is 3.33. The first-order chi connectivity index (χ1) is 12.8. The number of nitrogens with one attached hydrogen (secondary N) is 1. The molecular weight excluding hydrogens is 380 g/mol. The minimum Gasteiger partial charge on any atom is -0.302 e. The fourth-order valence-corrected chi connectivity index (χ4v) is 5.00. The van der Waals surface area contributed by atoms with Crippen LogP contribution < -0.4 is 5.32 Å². The van der Waals surface area contributed by atoms with Gasteiger partial charge in [-0.05, 0) is 56.5 Å². The van der Waals surface area contributed by atoms with E-state index in [2.05, 4.69) is 10.3 Å². The van der Waals surface area contributed by atoms with Gasteiger partial charge in [-0.15, -0.1) is 0 Å². The number of hydrogen-bond donors (Lipinski definition) is 1. The largest absolute Gasteiger partial charge is 0.302 e. The maximum absolute atomic E-state index is 12.3. The molecule has 2 aromatic carbocycles. The molecule has 5 nitrogen and oxygen atoms in total. The number of aromatic nitrogens is 1. The summed E-state index contributed by atoms with van der Waals surface area (Å²) in [5.41, 5.74) is 4.17. The van der Waals surface area contributed by atoms with Crippen molar-refractivity contribution in [2.24, 2.45) is 0 Å². The van der Waals surface area contributed by atoms with Gasteiger partial charge in [0, 0.05) is 6.42 Å². The van der Waals surface area contributed by atoms with Crippen molar-refractivity contribution in [3.05, 3.63) is 53.1 Å². The predicted octanol–water partition coefficient (Wildman–Crippen LogP) is 4.41. The first kappa shape index (κ1) is 19.5. The Morgan fingerprint density at radius 3 is 2.48 bits per heavy atom. The van der Waals surface area contributed by atoms with Gasteiger partial charge in [-0.1, -0.05) is 35.1 Å². The number of benzene rings is 2. The Morgan fingerprint density at radius 1 is 1.07 bits per heavy atom. The molecule has 0 unspecified atom stereocenters. The Labute approximate surface area is 163 Å². The molecule has 0 bridgehead atoms. The predicted molar refractivity (Wildman–Crippen MR) is 110 cm³/mol. The number of carbonyl (C=O) groups excluding carboxylic acids is 1. The van der Waals surface area contributed by atoms with E-state index in [-0.39, 0.29) is 24.5 Å². The summed E-state index contributed by atoms with van der Waals surface area (Å²) < 4.78 is 25.7. The highest BCUT2D eigenvalue weighted by molar-refractivity contribution is 7.91. The van der Waals surface area contributed by atoms with Crippen molar-refractivity contribution in [2.75, 3.05) is 11.1 Å². The maximum Gasteiger partial charge on any atom is 0.226 e. The molecule has 3 rings (SSSR count). The van der Waals surface area contributed by atoms with Gasteiger partial charge in [0.1, 0.15) is 0 Å². The van der Waals surface area contributed by atoms with E-state index in [1.165, 1.54) is 11.3 Å². The van der Waals surface area contributed by atoms with E-state index in [4.69, 9.17) is 0 Å². The molecule has 1 N–H and O–H groups in total. The average Bonchev–Trinajstić information content (AvgIpc) is 3.01. The minimum atomic E-state index is -3.37. The van der Waals surface area contributed by atoms with Crippen LogP contribution in [0.1, 0.15) is 29.5 Å². The second kappa shape index (κ2) is 7.78. The third kappa shape index (κ3) is 4.54. The van der Waals surface area contributed by atoms with Crippen LogP contribution in [-0.4, -0.2) is 25.1 Å². The number of amides is 1. The summed E-state index contributed by atoms with van der Waals surface area (Å²) in [4.78, 5) is 17.0. The van der Waals surface area contributed by atoms with Gasteiger partial charge in [0.05, 0.1) is 20.9 Å². The van der Waals surface area contributed by atoms with Gasteiger partial charge >= 0.3 is 0 Å². The van der Waals surface area contributed by atoms with Gasteiger partial charge in [0.2, 0.25) is 5.91 Å². The van der Waals surface area contributed by atoms with Gasteiger partial charge in [-0.3, -0.25) is 4.79 Å². The Bertz CT molecular complexity index is 1080. The standard InChI is InChI=1S/C20H22N2O3S2/c1-13-6-9-16(10-7-13)27(24,25)12-4-5-18(23)21-20-22-19-15(3)14(2)8-11-17(19)26-20/h6-11H,4-5,12H2,1-3H3,(H,21,22,23). The van der Waals surface area contributed by atoms with Crippen LogP contribution in [0.25, 0.3) is 10.2 Å². The first-order valence-electron chi connectivity index (χ1n) is 8.72. The van der Waals surface area contributed by atoms with Crippen LogP contribution >= 0.6 is 11.3 Å². The monoisotopic (exact) mass is 402 g/mol. The highest BCUT2D eigenvalue weighted by Gasteiger charge is 2.16. The number of sulfone groups is 1. The van der Waals surface area contributed by atoms with E-state index >= 15 is 0 Å². The Hall–Kier alpha value is -2.25. The molecule has 0 saturated carbocycles. The van der Waals surface area contributed by atoms with E-state index in [1.807, 2.05) is 32.9 Å². The van der Waals surface area contributed by atoms with Crippen molar-refractivity contribution in [1.29, 1.82) is 0 Å².